The SMILES string of the molecule is Cc1cccc(NS(=O)(=O)c2cccc(-c3nc(C4(N)CCC4)no3)c2)c1.Cl. The first-order valence-corrected chi connectivity index (χ1v) is 10.2. The molecule has 7 nitrogen and oxygen atoms in total. The van der Waals surface area contributed by atoms with Gasteiger partial charge in [0.15, 0.2) is 5.82 Å². The quantitative estimate of drug-likeness (QED) is 0.652. The van der Waals surface area contributed by atoms with E-state index in [-0.39, 0.29) is 23.2 Å². The Kier molecular flexibility index (Phi) is 5.47. The minimum absolute atomic E-state index is 0. The van der Waals surface area contributed by atoms with E-state index in [4.69, 9.17) is 10.3 Å². The number of rotatable bonds is 5. The van der Waals surface area contributed by atoms with Crippen molar-refractivity contribution in [2.24, 2.45) is 5.73 Å². The van der Waals surface area contributed by atoms with E-state index in [0.29, 0.717) is 17.1 Å². The van der Waals surface area contributed by atoms with Crippen molar-refractivity contribution >= 4 is 28.1 Å². The Bertz CT molecular complexity index is 1090. The number of nitrogens with zero attached hydrogens (tertiary/aromatic N) is 2. The number of benzene rings is 2. The number of halogens is 1. The van der Waals surface area contributed by atoms with Crippen molar-refractivity contribution in [3.8, 4) is 11.5 Å². The highest BCUT2D eigenvalue weighted by Gasteiger charge is 2.39. The first kappa shape index (κ1) is 20.3. The van der Waals surface area contributed by atoms with Gasteiger partial charge in [-0.3, -0.25) is 4.72 Å². The van der Waals surface area contributed by atoms with E-state index in [1.54, 1.807) is 30.3 Å². The summed E-state index contributed by atoms with van der Waals surface area (Å²) in [5, 5.41) is 3.98. The summed E-state index contributed by atoms with van der Waals surface area (Å²) in [6.45, 7) is 1.90. The molecule has 3 aromatic rings. The molecule has 28 heavy (non-hydrogen) atoms. The van der Waals surface area contributed by atoms with Crippen LogP contribution >= 0.6 is 12.4 Å². The third-order valence-electron chi connectivity index (χ3n) is 4.78. The van der Waals surface area contributed by atoms with E-state index in [1.807, 2.05) is 13.0 Å². The minimum Gasteiger partial charge on any atom is -0.334 e. The van der Waals surface area contributed by atoms with Crippen LogP contribution in [0.3, 0.4) is 0 Å². The second-order valence-corrected chi connectivity index (χ2v) is 8.62. The predicted molar refractivity (Wildman–Crippen MR) is 109 cm³/mol. The molecule has 1 heterocycles. The molecule has 1 saturated carbocycles. The van der Waals surface area contributed by atoms with Crippen LogP contribution < -0.4 is 10.5 Å². The van der Waals surface area contributed by atoms with Crippen molar-refractivity contribution in [2.75, 3.05) is 4.72 Å². The zero-order chi connectivity index (χ0) is 19.1. The Labute approximate surface area is 169 Å². The smallest absolute Gasteiger partial charge is 0.261 e. The first-order chi connectivity index (χ1) is 12.9. The summed E-state index contributed by atoms with van der Waals surface area (Å²) in [6, 6.07) is 13.6. The summed E-state index contributed by atoms with van der Waals surface area (Å²) >= 11 is 0. The lowest BCUT2D eigenvalue weighted by Gasteiger charge is -2.34. The lowest BCUT2D eigenvalue weighted by Crippen LogP contribution is -2.44. The fourth-order valence-electron chi connectivity index (χ4n) is 3.04. The molecule has 1 aliphatic carbocycles. The number of anilines is 1. The van der Waals surface area contributed by atoms with Crippen molar-refractivity contribution in [3.63, 3.8) is 0 Å². The van der Waals surface area contributed by atoms with E-state index in [9.17, 15) is 8.42 Å². The number of aromatic nitrogens is 2. The third kappa shape index (κ3) is 3.89. The normalized spacial score (nSPS) is 15.4. The van der Waals surface area contributed by atoms with Crippen LogP contribution in [0.15, 0.2) is 57.9 Å². The first-order valence-electron chi connectivity index (χ1n) is 8.69. The van der Waals surface area contributed by atoms with Crippen molar-refractivity contribution in [2.45, 2.75) is 36.6 Å². The summed E-state index contributed by atoms with van der Waals surface area (Å²) in [5.41, 5.74) is 7.70. The molecule has 0 saturated heterocycles. The summed E-state index contributed by atoms with van der Waals surface area (Å²) < 4.78 is 33.3. The van der Waals surface area contributed by atoms with Gasteiger partial charge in [-0.15, -0.1) is 12.4 Å². The molecule has 3 N–H and O–H groups in total. The maximum Gasteiger partial charge on any atom is 0.261 e. The lowest BCUT2D eigenvalue weighted by atomic mass is 9.77. The molecular formula is C19H21ClN4O3S. The van der Waals surface area contributed by atoms with Crippen LogP contribution in [0.5, 0.6) is 0 Å². The molecule has 1 aliphatic rings. The van der Waals surface area contributed by atoms with Gasteiger partial charge in [-0.05, 0) is 62.1 Å². The zero-order valence-corrected chi connectivity index (χ0v) is 16.9. The number of hydrogen-bond donors (Lipinski definition) is 2. The maximum absolute atomic E-state index is 12.7. The Hall–Kier alpha value is -2.42. The van der Waals surface area contributed by atoms with Crippen molar-refractivity contribution in [3.05, 3.63) is 59.9 Å². The molecule has 1 aromatic heterocycles. The van der Waals surface area contributed by atoms with Crippen LogP contribution in [0.2, 0.25) is 0 Å². The second kappa shape index (κ2) is 7.54. The molecule has 1 fully saturated rings. The third-order valence-corrected chi connectivity index (χ3v) is 6.16. The van der Waals surface area contributed by atoms with Crippen LogP contribution in [-0.4, -0.2) is 18.6 Å². The van der Waals surface area contributed by atoms with Crippen molar-refractivity contribution in [1.82, 2.24) is 10.1 Å². The van der Waals surface area contributed by atoms with E-state index < -0.39 is 15.6 Å². The molecule has 9 heteroatoms. The Morgan fingerprint density at radius 1 is 1.14 bits per heavy atom. The fourth-order valence-corrected chi connectivity index (χ4v) is 4.14. The Morgan fingerprint density at radius 3 is 2.57 bits per heavy atom. The number of aryl methyl sites for hydroxylation is 1. The highest BCUT2D eigenvalue weighted by molar-refractivity contribution is 7.92. The highest BCUT2D eigenvalue weighted by Crippen LogP contribution is 2.37. The standard InChI is InChI=1S/C19H20N4O3S.ClH/c1-13-5-2-7-15(11-13)23-27(24,25)16-8-3-6-14(12-16)17-21-18(22-26-17)19(20)9-4-10-19;/h2-3,5-8,11-12,23H,4,9-10,20H2,1H3;1H. The van der Waals surface area contributed by atoms with Gasteiger partial charge in [0.1, 0.15) is 0 Å². The number of hydrogen-bond acceptors (Lipinski definition) is 6. The molecule has 0 radical (unpaired) electrons. The summed E-state index contributed by atoms with van der Waals surface area (Å²) in [4.78, 5) is 4.49. The fraction of sp³-hybridized carbons (Fsp3) is 0.263. The number of sulfonamides is 1. The van der Waals surface area contributed by atoms with Gasteiger partial charge in [0.25, 0.3) is 15.9 Å². The maximum atomic E-state index is 12.7. The Balaban J connectivity index is 0.00000225. The number of nitrogens with one attached hydrogen (secondary N) is 1. The molecule has 0 amide bonds. The van der Waals surface area contributed by atoms with Gasteiger partial charge < -0.3 is 10.3 Å². The van der Waals surface area contributed by atoms with E-state index in [2.05, 4.69) is 14.9 Å². The summed E-state index contributed by atoms with van der Waals surface area (Å²) in [5.74, 6) is 0.726. The number of nitrogens with two attached hydrogens (primary N) is 1. The lowest BCUT2D eigenvalue weighted by molar-refractivity contribution is 0.229. The molecule has 0 aliphatic heterocycles. The van der Waals surface area contributed by atoms with Gasteiger partial charge >= 0.3 is 0 Å². The molecular weight excluding hydrogens is 400 g/mol. The van der Waals surface area contributed by atoms with E-state index in [1.165, 1.54) is 12.1 Å². The average Bonchev–Trinajstić information content (AvgIpc) is 3.10. The van der Waals surface area contributed by atoms with Crippen LogP contribution in [-0.2, 0) is 15.6 Å². The average molecular weight is 421 g/mol. The van der Waals surface area contributed by atoms with E-state index in [0.717, 1.165) is 24.8 Å². The molecule has 0 bridgehead atoms. The van der Waals surface area contributed by atoms with Gasteiger partial charge in [0.2, 0.25) is 0 Å². The molecule has 0 unspecified atom stereocenters. The van der Waals surface area contributed by atoms with Crippen molar-refractivity contribution in [1.29, 1.82) is 0 Å². The monoisotopic (exact) mass is 420 g/mol. The summed E-state index contributed by atoms with van der Waals surface area (Å²) in [6.07, 6.45) is 2.68. The minimum atomic E-state index is -3.74. The Morgan fingerprint density at radius 2 is 1.89 bits per heavy atom. The molecule has 2 aromatic carbocycles. The van der Waals surface area contributed by atoms with Crippen LogP contribution in [0.1, 0.15) is 30.7 Å². The van der Waals surface area contributed by atoms with Gasteiger partial charge in [-0.1, -0.05) is 23.4 Å². The second-order valence-electron chi connectivity index (χ2n) is 6.94. The van der Waals surface area contributed by atoms with E-state index >= 15 is 0 Å². The van der Waals surface area contributed by atoms with Crippen LogP contribution in [0.4, 0.5) is 5.69 Å². The van der Waals surface area contributed by atoms with Gasteiger partial charge in [0.05, 0.1) is 10.4 Å². The highest BCUT2D eigenvalue weighted by atomic mass is 35.5. The molecule has 0 spiro atoms. The molecule has 0 atom stereocenters. The van der Waals surface area contributed by atoms with Crippen LogP contribution in [0.25, 0.3) is 11.5 Å². The molecule has 148 valence electrons. The predicted octanol–water partition coefficient (Wildman–Crippen LogP) is 3.61. The topological polar surface area (TPSA) is 111 Å². The summed E-state index contributed by atoms with van der Waals surface area (Å²) in [7, 11) is -3.74. The van der Waals surface area contributed by atoms with Gasteiger partial charge in [-0.25, -0.2) is 8.42 Å². The largest absolute Gasteiger partial charge is 0.334 e. The van der Waals surface area contributed by atoms with Crippen LogP contribution in [0, 0.1) is 6.92 Å². The van der Waals surface area contributed by atoms with Crippen molar-refractivity contribution < 1.29 is 12.9 Å². The van der Waals surface area contributed by atoms with Gasteiger partial charge in [0, 0.05) is 11.3 Å². The molecule has 4 rings (SSSR count). The van der Waals surface area contributed by atoms with Gasteiger partial charge in [-0.2, -0.15) is 4.98 Å². The zero-order valence-electron chi connectivity index (χ0n) is 15.3.